The number of carbonyl (C=O) groups is 2. The molecular weight excluding hydrogens is 302 g/mol. The number of rotatable bonds is 9. The second-order valence-corrected chi connectivity index (χ2v) is 7.66. The minimum absolute atomic E-state index is 0.0991. The van der Waals surface area contributed by atoms with Crippen molar-refractivity contribution in [3.05, 3.63) is 0 Å². The van der Waals surface area contributed by atoms with E-state index in [-0.39, 0.29) is 17.9 Å². The van der Waals surface area contributed by atoms with Gasteiger partial charge in [-0.05, 0) is 50.9 Å². The molecule has 0 atom stereocenters. The molecule has 0 aromatic carbocycles. The monoisotopic (exact) mass is 337 g/mol. The van der Waals surface area contributed by atoms with Gasteiger partial charge in [0.25, 0.3) is 0 Å². The summed E-state index contributed by atoms with van der Waals surface area (Å²) in [5.74, 6) is 1.45. The second kappa shape index (κ2) is 10.9. The molecule has 4 heteroatoms. The van der Waals surface area contributed by atoms with Crippen molar-refractivity contribution in [2.45, 2.75) is 90.0 Å². The van der Waals surface area contributed by atoms with Crippen LogP contribution in [0.1, 0.15) is 84.0 Å². The average molecular weight is 338 g/mol. The van der Waals surface area contributed by atoms with Crippen molar-refractivity contribution < 1.29 is 14.3 Å². The Morgan fingerprint density at radius 3 is 2.33 bits per heavy atom. The van der Waals surface area contributed by atoms with Crippen molar-refractivity contribution in [3.63, 3.8) is 0 Å². The molecule has 0 heterocycles. The van der Waals surface area contributed by atoms with Gasteiger partial charge in [0.05, 0.1) is 6.61 Å². The highest BCUT2D eigenvalue weighted by Gasteiger charge is 2.26. The number of ketones is 1. The first-order chi connectivity index (χ1) is 11.7. The molecule has 24 heavy (non-hydrogen) atoms. The number of ether oxygens (including phenoxy) is 1. The molecule has 1 N–H and O–H groups in total. The lowest BCUT2D eigenvalue weighted by atomic mass is 9.82. The van der Waals surface area contributed by atoms with E-state index in [1.165, 1.54) is 32.1 Å². The highest BCUT2D eigenvalue weighted by molar-refractivity contribution is 5.81. The summed E-state index contributed by atoms with van der Waals surface area (Å²) in [5.41, 5.74) is 0. The molecule has 0 spiro atoms. The third-order valence-electron chi connectivity index (χ3n) is 5.60. The van der Waals surface area contributed by atoms with Crippen molar-refractivity contribution in [2.75, 3.05) is 13.2 Å². The number of hydrogen-bond donors (Lipinski definition) is 1. The van der Waals surface area contributed by atoms with Crippen molar-refractivity contribution in [1.29, 1.82) is 0 Å². The largest absolute Gasteiger partial charge is 0.381 e. The zero-order chi connectivity index (χ0) is 17.2. The minimum atomic E-state index is 0.0991. The highest BCUT2D eigenvalue weighted by atomic mass is 16.5. The van der Waals surface area contributed by atoms with E-state index in [9.17, 15) is 9.59 Å². The molecule has 0 aliphatic heterocycles. The number of hydrogen-bond acceptors (Lipinski definition) is 3. The Kier molecular flexibility index (Phi) is 8.79. The Balaban J connectivity index is 1.52. The Hall–Kier alpha value is -0.900. The average Bonchev–Trinajstić information content (AvgIpc) is 2.60. The molecule has 2 aliphatic carbocycles. The maximum absolute atomic E-state index is 12.0. The van der Waals surface area contributed by atoms with Gasteiger partial charge in [-0.3, -0.25) is 9.59 Å². The van der Waals surface area contributed by atoms with E-state index in [0.29, 0.717) is 31.1 Å². The van der Waals surface area contributed by atoms with Gasteiger partial charge in [0.1, 0.15) is 5.78 Å². The van der Waals surface area contributed by atoms with E-state index in [0.717, 1.165) is 38.7 Å². The van der Waals surface area contributed by atoms with Gasteiger partial charge in [0, 0.05) is 31.4 Å². The van der Waals surface area contributed by atoms with Crippen LogP contribution < -0.4 is 5.32 Å². The van der Waals surface area contributed by atoms with Gasteiger partial charge in [-0.1, -0.05) is 26.2 Å². The molecule has 1 amide bonds. The van der Waals surface area contributed by atoms with Crippen LogP contribution in [-0.4, -0.2) is 30.9 Å². The summed E-state index contributed by atoms with van der Waals surface area (Å²) >= 11 is 0. The van der Waals surface area contributed by atoms with E-state index in [4.69, 9.17) is 4.74 Å². The van der Waals surface area contributed by atoms with Crippen LogP contribution in [0, 0.1) is 11.8 Å². The first-order valence-electron chi connectivity index (χ1n) is 10.1. The summed E-state index contributed by atoms with van der Waals surface area (Å²) in [6.45, 7) is 3.41. The number of Topliss-reactive ketones (excluding diaryl/α,β-unsaturated/α-hetero) is 1. The zero-order valence-electron chi connectivity index (χ0n) is 15.4. The smallest absolute Gasteiger partial charge is 0.222 e. The number of amides is 1. The molecule has 0 aromatic heterocycles. The van der Waals surface area contributed by atoms with Gasteiger partial charge in [-0.25, -0.2) is 0 Å². The third-order valence-corrected chi connectivity index (χ3v) is 5.60. The first kappa shape index (κ1) is 19.4. The quantitative estimate of drug-likeness (QED) is 0.647. The lowest BCUT2D eigenvalue weighted by Crippen LogP contribution is -2.39. The van der Waals surface area contributed by atoms with Crippen molar-refractivity contribution in [2.24, 2.45) is 11.8 Å². The molecule has 0 unspecified atom stereocenters. The van der Waals surface area contributed by atoms with Gasteiger partial charge in [-0.15, -0.1) is 0 Å². The molecule has 0 aromatic rings. The third kappa shape index (κ3) is 6.92. The van der Waals surface area contributed by atoms with Crippen LogP contribution in [0.25, 0.3) is 0 Å². The summed E-state index contributed by atoms with van der Waals surface area (Å²) in [6, 6.07) is 0.251. The van der Waals surface area contributed by atoms with E-state index >= 15 is 0 Å². The molecule has 0 bridgehead atoms. The molecule has 0 saturated heterocycles. The normalized spacial score (nSPS) is 25.4. The molecule has 4 nitrogen and oxygen atoms in total. The fourth-order valence-electron chi connectivity index (χ4n) is 4.08. The van der Waals surface area contributed by atoms with Crippen LogP contribution in [0.5, 0.6) is 0 Å². The summed E-state index contributed by atoms with van der Waals surface area (Å²) in [6.07, 6.45) is 12.4. The zero-order valence-corrected chi connectivity index (χ0v) is 15.4. The summed E-state index contributed by atoms with van der Waals surface area (Å²) < 4.78 is 5.70. The Morgan fingerprint density at radius 1 is 0.958 bits per heavy atom. The van der Waals surface area contributed by atoms with Gasteiger partial charge >= 0.3 is 0 Å². The lowest BCUT2D eigenvalue weighted by molar-refractivity contribution is -0.124. The molecule has 2 fully saturated rings. The van der Waals surface area contributed by atoms with Crippen LogP contribution in [-0.2, 0) is 14.3 Å². The van der Waals surface area contributed by atoms with Gasteiger partial charge in [0.2, 0.25) is 5.91 Å². The SMILES string of the molecule is CCCC(=O)C1CCC(NC(=O)CCOCC2CCCCC2)CC1. The van der Waals surface area contributed by atoms with Crippen LogP contribution in [0.2, 0.25) is 0 Å². The van der Waals surface area contributed by atoms with Gasteiger partial charge < -0.3 is 10.1 Å². The fourth-order valence-corrected chi connectivity index (χ4v) is 4.08. The molecule has 0 radical (unpaired) electrons. The molecule has 2 rings (SSSR count). The first-order valence-corrected chi connectivity index (χ1v) is 10.1. The maximum Gasteiger partial charge on any atom is 0.222 e. The molecular formula is C20H35NO3. The highest BCUT2D eigenvalue weighted by Crippen LogP contribution is 2.26. The van der Waals surface area contributed by atoms with Crippen LogP contribution in [0.15, 0.2) is 0 Å². The fraction of sp³-hybridized carbons (Fsp3) is 0.900. The van der Waals surface area contributed by atoms with E-state index in [1.807, 2.05) is 0 Å². The predicted octanol–water partition coefficient (Wildman–Crippen LogP) is 4.02. The molecule has 138 valence electrons. The summed E-state index contributed by atoms with van der Waals surface area (Å²) in [7, 11) is 0. The van der Waals surface area contributed by atoms with Crippen molar-refractivity contribution in [1.82, 2.24) is 5.32 Å². The maximum atomic E-state index is 12.0. The Labute approximate surface area is 147 Å². The lowest BCUT2D eigenvalue weighted by Gasteiger charge is -2.28. The Bertz CT molecular complexity index is 382. The Morgan fingerprint density at radius 2 is 1.67 bits per heavy atom. The topological polar surface area (TPSA) is 55.4 Å². The van der Waals surface area contributed by atoms with Crippen LogP contribution >= 0.6 is 0 Å². The predicted molar refractivity (Wildman–Crippen MR) is 95.8 cm³/mol. The number of carbonyl (C=O) groups excluding carboxylic acids is 2. The number of nitrogens with one attached hydrogen (secondary N) is 1. The van der Waals surface area contributed by atoms with E-state index in [1.54, 1.807) is 0 Å². The van der Waals surface area contributed by atoms with Crippen molar-refractivity contribution in [3.8, 4) is 0 Å². The van der Waals surface area contributed by atoms with Gasteiger partial charge in [-0.2, -0.15) is 0 Å². The second-order valence-electron chi connectivity index (χ2n) is 7.66. The molecule has 2 saturated carbocycles. The van der Waals surface area contributed by atoms with E-state index < -0.39 is 0 Å². The summed E-state index contributed by atoms with van der Waals surface area (Å²) in [4.78, 5) is 24.0. The van der Waals surface area contributed by atoms with Crippen molar-refractivity contribution >= 4 is 11.7 Å². The van der Waals surface area contributed by atoms with Crippen LogP contribution in [0.3, 0.4) is 0 Å². The van der Waals surface area contributed by atoms with E-state index in [2.05, 4.69) is 12.2 Å². The summed E-state index contributed by atoms with van der Waals surface area (Å²) in [5, 5.41) is 3.12. The minimum Gasteiger partial charge on any atom is -0.381 e. The van der Waals surface area contributed by atoms with Crippen LogP contribution in [0.4, 0.5) is 0 Å². The van der Waals surface area contributed by atoms with Gasteiger partial charge in [0.15, 0.2) is 0 Å². The molecule has 2 aliphatic rings. The standard InChI is InChI=1S/C20H35NO3/c1-2-6-19(22)17-9-11-18(12-10-17)21-20(23)13-14-24-15-16-7-4-3-5-8-16/h16-18H,2-15H2,1H3,(H,21,23).